The Morgan fingerprint density at radius 1 is 1.16 bits per heavy atom. The van der Waals surface area contributed by atoms with E-state index in [0.717, 1.165) is 12.1 Å². The van der Waals surface area contributed by atoms with Crippen molar-refractivity contribution >= 4 is 5.91 Å². The molecule has 3 heterocycles. The van der Waals surface area contributed by atoms with Crippen LogP contribution in [0.15, 0.2) is 43.0 Å². The normalized spacial score (nSPS) is 18.4. The van der Waals surface area contributed by atoms with Gasteiger partial charge in [-0.1, -0.05) is 26.3 Å². The smallest absolute Gasteiger partial charge is 0.291 e. The first-order valence-electron chi connectivity index (χ1n) is 13.2. The molecule has 8 heteroatoms. The number of likely N-dealkylation sites (N-methyl/N-ethyl adjacent to an activating group) is 1. The number of methoxy groups -OCH3 is 1. The van der Waals surface area contributed by atoms with Crippen LogP contribution in [0.5, 0.6) is 11.5 Å². The van der Waals surface area contributed by atoms with Gasteiger partial charge in [0.05, 0.1) is 24.9 Å². The fraction of sp³-hybridized carbons (Fsp3) is 0.552. The Kier molecular flexibility index (Phi) is 7.97. The zero-order chi connectivity index (χ0) is 26.8. The molecule has 0 N–H and O–H groups in total. The molecule has 0 radical (unpaired) electrons. The third-order valence-electron chi connectivity index (χ3n) is 8.13. The first kappa shape index (κ1) is 27.2. The Labute approximate surface area is 218 Å². The number of hydrogen-bond acceptors (Lipinski definition) is 4. The lowest BCUT2D eigenvalue weighted by molar-refractivity contribution is -0.0189. The van der Waals surface area contributed by atoms with Crippen LogP contribution in [0.25, 0.3) is 0 Å². The Morgan fingerprint density at radius 3 is 2.54 bits per heavy atom. The van der Waals surface area contributed by atoms with Crippen molar-refractivity contribution in [3.63, 3.8) is 0 Å². The van der Waals surface area contributed by atoms with E-state index in [1.54, 1.807) is 35.9 Å². The lowest BCUT2D eigenvalue weighted by atomic mass is 9.81. The number of allylic oxidation sites excluding steroid dienone is 1. The molecule has 0 saturated carbocycles. The predicted octanol–water partition coefficient (Wildman–Crippen LogP) is 5.67. The van der Waals surface area contributed by atoms with Gasteiger partial charge in [-0.05, 0) is 56.1 Å². The monoisotopic (exact) mass is 515 g/mol. The molecule has 1 aromatic heterocycles. The van der Waals surface area contributed by atoms with E-state index in [2.05, 4.69) is 32.4 Å². The number of nitrogens with zero attached hydrogens (tertiary/aromatic N) is 3. The van der Waals surface area contributed by atoms with E-state index < -0.39 is 5.92 Å². The van der Waals surface area contributed by atoms with Gasteiger partial charge in [-0.25, -0.2) is 0 Å². The van der Waals surface area contributed by atoms with Gasteiger partial charge in [-0.2, -0.15) is 8.78 Å². The fourth-order valence-electron chi connectivity index (χ4n) is 5.55. The van der Waals surface area contributed by atoms with Crippen LogP contribution < -0.4 is 9.47 Å². The maximum Gasteiger partial charge on any atom is 0.291 e. The second-order valence-electron chi connectivity index (χ2n) is 10.4. The number of fused-ring (bicyclic) bond motifs is 2. The molecule has 2 aromatic rings. The molecule has 37 heavy (non-hydrogen) atoms. The fourth-order valence-corrected chi connectivity index (χ4v) is 5.55. The SMILES string of the molecule is C=CCC(F)(F)c1ccc2n1CCN(C)C21CCN(C(=O)c2ccc(OC[C@H](C)CC)c(OC)c2)CC1. The van der Waals surface area contributed by atoms with Crippen molar-refractivity contribution in [2.75, 3.05) is 40.4 Å². The van der Waals surface area contributed by atoms with Crippen molar-refractivity contribution in [3.8, 4) is 11.5 Å². The zero-order valence-electron chi connectivity index (χ0n) is 22.4. The van der Waals surface area contributed by atoms with Crippen molar-refractivity contribution in [2.24, 2.45) is 5.92 Å². The van der Waals surface area contributed by atoms with Gasteiger partial charge >= 0.3 is 0 Å². The van der Waals surface area contributed by atoms with Crippen LogP contribution in [0, 0.1) is 5.92 Å². The van der Waals surface area contributed by atoms with Gasteiger partial charge in [0.15, 0.2) is 11.5 Å². The van der Waals surface area contributed by atoms with Crippen molar-refractivity contribution in [1.82, 2.24) is 14.4 Å². The largest absolute Gasteiger partial charge is 0.493 e. The molecule has 1 fully saturated rings. The van der Waals surface area contributed by atoms with Crippen LogP contribution in [0.1, 0.15) is 61.3 Å². The first-order valence-corrected chi connectivity index (χ1v) is 13.2. The summed E-state index contributed by atoms with van der Waals surface area (Å²) in [5.74, 6) is -1.41. The van der Waals surface area contributed by atoms with Crippen molar-refractivity contribution in [1.29, 1.82) is 0 Å². The average molecular weight is 516 g/mol. The molecule has 1 aromatic carbocycles. The third kappa shape index (κ3) is 5.13. The van der Waals surface area contributed by atoms with Gasteiger partial charge in [-0.3, -0.25) is 9.69 Å². The maximum atomic E-state index is 14.8. The van der Waals surface area contributed by atoms with E-state index in [1.165, 1.54) is 6.08 Å². The lowest BCUT2D eigenvalue weighted by Gasteiger charge is -2.50. The van der Waals surface area contributed by atoms with Gasteiger partial charge in [0.25, 0.3) is 11.8 Å². The van der Waals surface area contributed by atoms with Gasteiger partial charge in [0, 0.05) is 43.9 Å². The quantitative estimate of drug-likeness (QED) is 0.404. The number of hydrogen-bond donors (Lipinski definition) is 0. The Balaban J connectivity index is 1.50. The minimum atomic E-state index is -2.95. The van der Waals surface area contributed by atoms with E-state index in [4.69, 9.17) is 9.47 Å². The number of likely N-dealkylation sites (tertiary alicyclic amines) is 1. The van der Waals surface area contributed by atoms with E-state index >= 15 is 0 Å². The molecule has 6 nitrogen and oxygen atoms in total. The molecule has 0 unspecified atom stereocenters. The number of rotatable bonds is 9. The molecule has 1 atom stereocenters. The molecule has 1 amide bonds. The standard InChI is InChI=1S/C29H39F2N3O3/c1-6-12-29(30,31)26-11-10-25-28(32(4)17-18-34(25)26)13-15-33(16-14-28)27(35)22-8-9-23(24(19-22)36-5)37-20-21(3)7-2/h6,8-11,19,21H,1,7,12-18,20H2,2-5H3/t21-/m1/s1. The van der Waals surface area contributed by atoms with Gasteiger partial charge in [0.1, 0.15) is 0 Å². The third-order valence-corrected chi connectivity index (χ3v) is 8.13. The molecule has 4 rings (SSSR count). The van der Waals surface area contributed by atoms with Crippen LogP contribution in [0.2, 0.25) is 0 Å². The Bertz CT molecular complexity index is 1120. The molecular formula is C29H39F2N3O3. The highest BCUT2D eigenvalue weighted by molar-refractivity contribution is 5.95. The molecule has 0 aliphatic carbocycles. The molecule has 1 spiro atoms. The van der Waals surface area contributed by atoms with Crippen LogP contribution in [0.3, 0.4) is 0 Å². The summed E-state index contributed by atoms with van der Waals surface area (Å²) in [4.78, 5) is 17.5. The molecule has 0 bridgehead atoms. The summed E-state index contributed by atoms with van der Waals surface area (Å²) < 4.78 is 42.8. The second kappa shape index (κ2) is 10.9. The number of alkyl halides is 2. The number of halogens is 2. The first-order chi connectivity index (χ1) is 17.7. The molecular weight excluding hydrogens is 476 g/mol. The maximum absolute atomic E-state index is 14.8. The van der Waals surface area contributed by atoms with E-state index in [1.807, 2.05) is 11.0 Å². The van der Waals surface area contributed by atoms with Crippen LogP contribution >= 0.6 is 0 Å². The van der Waals surface area contributed by atoms with Crippen LogP contribution in [-0.4, -0.2) is 60.7 Å². The summed E-state index contributed by atoms with van der Waals surface area (Å²) in [7, 11) is 3.63. The summed E-state index contributed by atoms with van der Waals surface area (Å²) in [6.45, 7) is 10.6. The molecule has 1 saturated heterocycles. The number of aromatic nitrogens is 1. The number of carbonyl (C=O) groups excluding carboxylic acids is 1. The lowest BCUT2D eigenvalue weighted by Crippen LogP contribution is -2.56. The summed E-state index contributed by atoms with van der Waals surface area (Å²) in [5, 5.41) is 0. The molecule has 202 valence electrons. The van der Waals surface area contributed by atoms with Crippen molar-refractivity contribution in [2.45, 2.75) is 57.5 Å². The summed E-state index contributed by atoms with van der Waals surface area (Å²) >= 11 is 0. The minimum Gasteiger partial charge on any atom is -0.493 e. The number of ether oxygens (including phenoxy) is 2. The average Bonchev–Trinajstić information content (AvgIpc) is 3.36. The highest BCUT2D eigenvalue weighted by atomic mass is 19.3. The van der Waals surface area contributed by atoms with Crippen molar-refractivity contribution in [3.05, 3.63) is 59.9 Å². The molecule has 2 aliphatic rings. The van der Waals surface area contributed by atoms with Gasteiger partial charge in [0.2, 0.25) is 0 Å². The summed E-state index contributed by atoms with van der Waals surface area (Å²) in [5.41, 5.74) is 1.14. The topological polar surface area (TPSA) is 46.9 Å². The predicted molar refractivity (Wildman–Crippen MR) is 141 cm³/mol. The minimum absolute atomic E-state index is 0.0520. The highest BCUT2D eigenvalue weighted by Gasteiger charge is 2.47. The summed E-state index contributed by atoms with van der Waals surface area (Å²) in [6.07, 6.45) is 3.27. The van der Waals surface area contributed by atoms with Crippen molar-refractivity contribution < 1.29 is 23.0 Å². The number of amides is 1. The highest BCUT2D eigenvalue weighted by Crippen LogP contribution is 2.44. The zero-order valence-corrected chi connectivity index (χ0v) is 22.4. The summed E-state index contributed by atoms with van der Waals surface area (Å²) in [6, 6.07) is 8.74. The van der Waals surface area contributed by atoms with E-state index in [9.17, 15) is 13.6 Å². The van der Waals surface area contributed by atoms with Crippen LogP contribution in [0.4, 0.5) is 8.78 Å². The van der Waals surface area contributed by atoms with E-state index in [-0.39, 0.29) is 23.6 Å². The number of piperidine rings is 1. The van der Waals surface area contributed by atoms with Gasteiger partial charge in [-0.15, -0.1) is 6.58 Å². The molecule has 2 aliphatic heterocycles. The number of benzene rings is 1. The van der Waals surface area contributed by atoms with Crippen LogP contribution in [-0.2, 0) is 18.0 Å². The Hall–Kier alpha value is -2.87. The van der Waals surface area contributed by atoms with E-state index in [0.29, 0.717) is 68.6 Å². The number of carbonyl (C=O) groups is 1. The van der Waals surface area contributed by atoms with Gasteiger partial charge < -0.3 is 18.9 Å². The Morgan fingerprint density at radius 2 is 1.89 bits per heavy atom. The second-order valence-corrected chi connectivity index (χ2v) is 10.4.